The Balaban J connectivity index is 1.87. The Morgan fingerprint density at radius 3 is 2.65 bits per heavy atom. The first-order chi connectivity index (χ1) is 12.5. The minimum absolute atomic E-state index is 0.0716. The summed E-state index contributed by atoms with van der Waals surface area (Å²) >= 11 is 0. The number of para-hydroxylation sites is 1. The van der Waals surface area contributed by atoms with E-state index in [9.17, 15) is 19.7 Å². The monoisotopic (exact) mass is 352 g/mol. The molecule has 0 aliphatic rings. The number of nitro benzene ring substituents is 1. The number of ketones is 1. The van der Waals surface area contributed by atoms with Crippen LogP contribution in [0.15, 0.2) is 48.5 Å². The van der Waals surface area contributed by atoms with Crippen LogP contribution in [0, 0.1) is 10.1 Å². The largest absolute Gasteiger partial charge is 0.461 e. The highest BCUT2D eigenvalue weighted by molar-refractivity contribution is 6.02. The van der Waals surface area contributed by atoms with Crippen molar-refractivity contribution in [1.82, 2.24) is 4.98 Å². The summed E-state index contributed by atoms with van der Waals surface area (Å²) < 4.78 is 4.95. The van der Waals surface area contributed by atoms with E-state index in [4.69, 9.17) is 4.74 Å². The van der Waals surface area contributed by atoms with Gasteiger partial charge in [0.05, 0.1) is 11.5 Å². The van der Waals surface area contributed by atoms with E-state index in [0.29, 0.717) is 27.7 Å². The number of benzene rings is 2. The SMILES string of the molecule is CCOC(=O)c1cc2cc(C(=O)Cc3ccccc3[N+](=O)[O-])ccc2[nH]1. The molecule has 0 aliphatic heterocycles. The smallest absolute Gasteiger partial charge is 0.354 e. The van der Waals surface area contributed by atoms with E-state index in [1.54, 1.807) is 49.4 Å². The van der Waals surface area contributed by atoms with Crippen molar-refractivity contribution in [3.63, 3.8) is 0 Å². The van der Waals surface area contributed by atoms with Crippen LogP contribution >= 0.6 is 0 Å². The predicted molar refractivity (Wildman–Crippen MR) is 95.4 cm³/mol. The standard InChI is InChI=1S/C19H16N2O5/c1-2-26-19(23)16-10-14-9-13(7-8-15(14)20-16)18(22)11-12-5-3-4-6-17(12)21(24)25/h3-10,20H,2,11H2,1H3. The molecule has 2 aromatic carbocycles. The Morgan fingerprint density at radius 1 is 1.15 bits per heavy atom. The second-order valence-electron chi connectivity index (χ2n) is 5.69. The molecule has 3 aromatic rings. The van der Waals surface area contributed by atoms with Gasteiger partial charge in [0.15, 0.2) is 5.78 Å². The van der Waals surface area contributed by atoms with Gasteiger partial charge in [0.2, 0.25) is 0 Å². The van der Waals surface area contributed by atoms with Crippen molar-refractivity contribution in [2.75, 3.05) is 6.61 Å². The first-order valence-corrected chi connectivity index (χ1v) is 8.05. The van der Waals surface area contributed by atoms with Gasteiger partial charge in [0.1, 0.15) is 5.69 Å². The fourth-order valence-electron chi connectivity index (χ4n) is 2.74. The topological polar surface area (TPSA) is 102 Å². The zero-order valence-electron chi connectivity index (χ0n) is 14.0. The van der Waals surface area contributed by atoms with Crippen molar-refractivity contribution < 1.29 is 19.2 Å². The Hall–Kier alpha value is -3.48. The second-order valence-corrected chi connectivity index (χ2v) is 5.69. The number of nitro groups is 1. The van der Waals surface area contributed by atoms with Crippen LogP contribution in [-0.4, -0.2) is 28.3 Å². The van der Waals surface area contributed by atoms with Crippen LogP contribution in [0.4, 0.5) is 5.69 Å². The van der Waals surface area contributed by atoms with Crippen LogP contribution in [-0.2, 0) is 11.2 Å². The number of rotatable bonds is 6. The molecule has 0 saturated carbocycles. The van der Waals surface area contributed by atoms with Crippen LogP contribution in [0.1, 0.15) is 33.3 Å². The minimum Gasteiger partial charge on any atom is -0.461 e. The molecule has 132 valence electrons. The molecule has 1 N–H and O–H groups in total. The van der Waals surface area contributed by atoms with Crippen LogP contribution in [0.2, 0.25) is 0 Å². The highest BCUT2D eigenvalue weighted by Gasteiger charge is 2.17. The molecule has 3 rings (SSSR count). The van der Waals surface area contributed by atoms with E-state index in [1.807, 2.05) is 0 Å². The van der Waals surface area contributed by atoms with Gasteiger partial charge < -0.3 is 9.72 Å². The normalized spacial score (nSPS) is 10.7. The molecule has 0 atom stereocenters. The van der Waals surface area contributed by atoms with E-state index in [2.05, 4.69) is 4.98 Å². The van der Waals surface area contributed by atoms with Crippen LogP contribution in [0.5, 0.6) is 0 Å². The lowest BCUT2D eigenvalue weighted by atomic mass is 10.0. The average Bonchev–Trinajstić information content (AvgIpc) is 3.05. The van der Waals surface area contributed by atoms with Crippen molar-refractivity contribution in [3.05, 3.63) is 75.5 Å². The fraction of sp³-hybridized carbons (Fsp3) is 0.158. The lowest BCUT2D eigenvalue weighted by Crippen LogP contribution is -2.05. The van der Waals surface area contributed by atoms with Crippen molar-refractivity contribution in [3.8, 4) is 0 Å². The third-order valence-electron chi connectivity index (χ3n) is 3.98. The third-order valence-corrected chi connectivity index (χ3v) is 3.98. The number of Topliss-reactive ketones (excluding diaryl/α,β-unsaturated/α-hetero) is 1. The third kappa shape index (κ3) is 3.46. The fourth-order valence-corrected chi connectivity index (χ4v) is 2.74. The number of ether oxygens (including phenoxy) is 1. The lowest BCUT2D eigenvalue weighted by Gasteiger charge is -2.03. The van der Waals surface area contributed by atoms with Gasteiger partial charge in [-0.3, -0.25) is 14.9 Å². The maximum absolute atomic E-state index is 12.6. The van der Waals surface area contributed by atoms with Crippen molar-refractivity contribution in [2.45, 2.75) is 13.3 Å². The Bertz CT molecular complexity index is 1010. The number of fused-ring (bicyclic) bond motifs is 1. The molecule has 0 fully saturated rings. The molecule has 0 saturated heterocycles. The Kier molecular flexibility index (Phi) is 4.79. The molecule has 7 nitrogen and oxygen atoms in total. The molecule has 26 heavy (non-hydrogen) atoms. The summed E-state index contributed by atoms with van der Waals surface area (Å²) in [4.78, 5) is 37.9. The van der Waals surface area contributed by atoms with Gasteiger partial charge in [-0.2, -0.15) is 0 Å². The number of nitrogens with one attached hydrogen (secondary N) is 1. The summed E-state index contributed by atoms with van der Waals surface area (Å²) in [6.07, 6.45) is -0.0716. The van der Waals surface area contributed by atoms with E-state index in [0.717, 1.165) is 0 Å². The van der Waals surface area contributed by atoms with Gasteiger partial charge >= 0.3 is 5.97 Å². The first-order valence-electron chi connectivity index (χ1n) is 8.05. The van der Waals surface area contributed by atoms with Crippen LogP contribution in [0.3, 0.4) is 0 Å². The molecular formula is C19H16N2O5. The molecule has 0 bridgehead atoms. The molecular weight excluding hydrogens is 336 g/mol. The molecule has 1 heterocycles. The molecule has 0 radical (unpaired) electrons. The molecule has 0 spiro atoms. The summed E-state index contributed by atoms with van der Waals surface area (Å²) in [5, 5.41) is 11.8. The van der Waals surface area contributed by atoms with E-state index < -0.39 is 10.9 Å². The lowest BCUT2D eigenvalue weighted by molar-refractivity contribution is -0.385. The summed E-state index contributed by atoms with van der Waals surface area (Å²) in [7, 11) is 0. The predicted octanol–water partition coefficient (Wildman–Crippen LogP) is 3.68. The summed E-state index contributed by atoms with van der Waals surface area (Å²) in [5.41, 5.74) is 1.72. The zero-order chi connectivity index (χ0) is 18.7. The number of H-pyrrole nitrogens is 1. The van der Waals surface area contributed by atoms with E-state index >= 15 is 0 Å². The molecule has 1 aromatic heterocycles. The van der Waals surface area contributed by atoms with Crippen molar-refractivity contribution in [1.29, 1.82) is 0 Å². The highest BCUT2D eigenvalue weighted by Crippen LogP contribution is 2.22. The van der Waals surface area contributed by atoms with Gasteiger partial charge in [-0.15, -0.1) is 0 Å². The molecule has 0 aliphatic carbocycles. The number of nitrogens with zero attached hydrogens (tertiary/aromatic N) is 1. The van der Waals surface area contributed by atoms with Crippen molar-refractivity contribution >= 4 is 28.3 Å². The van der Waals surface area contributed by atoms with Gasteiger partial charge in [0.25, 0.3) is 5.69 Å². The van der Waals surface area contributed by atoms with Crippen molar-refractivity contribution in [2.24, 2.45) is 0 Å². The number of hydrogen-bond acceptors (Lipinski definition) is 5. The number of esters is 1. The van der Waals surface area contributed by atoms with Gasteiger partial charge in [-0.05, 0) is 31.2 Å². The highest BCUT2D eigenvalue weighted by atomic mass is 16.6. The van der Waals surface area contributed by atoms with E-state index in [1.165, 1.54) is 6.07 Å². The maximum Gasteiger partial charge on any atom is 0.354 e. The Morgan fingerprint density at radius 2 is 1.92 bits per heavy atom. The Labute approximate surface area is 148 Å². The molecule has 0 unspecified atom stereocenters. The quantitative estimate of drug-likeness (QED) is 0.315. The maximum atomic E-state index is 12.6. The van der Waals surface area contributed by atoms with Crippen LogP contribution < -0.4 is 0 Å². The van der Waals surface area contributed by atoms with Gasteiger partial charge in [-0.25, -0.2) is 4.79 Å². The summed E-state index contributed by atoms with van der Waals surface area (Å²) in [5.74, 6) is -0.698. The summed E-state index contributed by atoms with van der Waals surface area (Å²) in [6, 6.07) is 12.8. The van der Waals surface area contributed by atoms with E-state index in [-0.39, 0.29) is 24.5 Å². The van der Waals surface area contributed by atoms with Gasteiger partial charge in [0, 0.05) is 34.5 Å². The first kappa shape index (κ1) is 17.3. The number of carbonyl (C=O) groups is 2. The average molecular weight is 352 g/mol. The molecule has 0 amide bonds. The zero-order valence-corrected chi connectivity index (χ0v) is 14.0. The second kappa shape index (κ2) is 7.18. The van der Waals surface area contributed by atoms with Crippen LogP contribution in [0.25, 0.3) is 10.9 Å². The number of aromatic nitrogens is 1. The van der Waals surface area contributed by atoms with Gasteiger partial charge in [-0.1, -0.05) is 18.2 Å². The number of carbonyl (C=O) groups excluding carboxylic acids is 2. The summed E-state index contributed by atoms with van der Waals surface area (Å²) in [6.45, 7) is 1.99. The number of aromatic amines is 1. The molecule has 7 heteroatoms. The number of hydrogen-bond donors (Lipinski definition) is 1. The minimum atomic E-state index is -0.496.